The van der Waals surface area contributed by atoms with Gasteiger partial charge in [-0.05, 0) is 24.3 Å². The summed E-state index contributed by atoms with van der Waals surface area (Å²) in [6, 6.07) is 14.4. The lowest BCUT2D eigenvalue weighted by Gasteiger charge is -2.07. The van der Waals surface area contributed by atoms with E-state index in [9.17, 15) is 0 Å². The van der Waals surface area contributed by atoms with Crippen LogP contribution in [0.2, 0.25) is 5.02 Å². The molecule has 0 aliphatic heterocycles. The number of nitrogen functional groups attached to an aromatic ring is 1. The third-order valence-electron chi connectivity index (χ3n) is 2.21. The fraction of sp³-hybridized carbons (Fsp3) is 0. The average molecular weight is 247 g/mol. The molecule has 0 fully saturated rings. The van der Waals surface area contributed by atoms with Crippen molar-refractivity contribution >= 4 is 17.4 Å². The SMILES string of the molecule is N=C(N)c1ccc(Oc2ccccc2)cc1Cl. The maximum atomic E-state index is 7.32. The molecule has 0 saturated heterocycles. The van der Waals surface area contributed by atoms with E-state index < -0.39 is 0 Å². The predicted molar refractivity (Wildman–Crippen MR) is 69.0 cm³/mol. The number of nitrogens with two attached hydrogens (primary N) is 1. The van der Waals surface area contributed by atoms with E-state index in [-0.39, 0.29) is 5.84 Å². The van der Waals surface area contributed by atoms with Gasteiger partial charge in [-0.25, -0.2) is 0 Å². The molecule has 3 N–H and O–H groups in total. The lowest BCUT2D eigenvalue weighted by molar-refractivity contribution is 0.482. The van der Waals surface area contributed by atoms with Gasteiger partial charge in [0.15, 0.2) is 0 Å². The van der Waals surface area contributed by atoms with Gasteiger partial charge in [0.1, 0.15) is 17.3 Å². The highest BCUT2D eigenvalue weighted by Crippen LogP contribution is 2.26. The molecule has 2 aromatic carbocycles. The molecule has 0 atom stereocenters. The Balaban J connectivity index is 2.24. The summed E-state index contributed by atoms with van der Waals surface area (Å²) >= 11 is 5.99. The summed E-state index contributed by atoms with van der Waals surface area (Å²) in [7, 11) is 0. The molecule has 0 aromatic heterocycles. The number of hydrogen-bond donors (Lipinski definition) is 2. The summed E-state index contributed by atoms with van der Waals surface area (Å²) in [5.74, 6) is 1.30. The lowest BCUT2D eigenvalue weighted by atomic mass is 10.2. The Hall–Kier alpha value is -2.00. The number of para-hydroxylation sites is 1. The third-order valence-corrected chi connectivity index (χ3v) is 2.52. The first-order valence-electron chi connectivity index (χ1n) is 5.03. The van der Waals surface area contributed by atoms with Gasteiger partial charge in [-0.3, -0.25) is 5.41 Å². The molecule has 4 heteroatoms. The normalized spacial score (nSPS) is 9.94. The van der Waals surface area contributed by atoms with Crippen molar-refractivity contribution in [2.75, 3.05) is 0 Å². The molecule has 0 amide bonds. The minimum Gasteiger partial charge on any atom is -0.457 e. The van der Waals surface area contributed by atoms with Crippen LogP contribution >= 0.6 is 11.6 Å². The Morgan fingerprint density at radius 3 is 2.35 bits per heavy atom. The van der Waals surface area contributed by atoms with Crippen molar-refractivity contribution in [1.82, 2.24) is 0 Å². The van der Waals surface area contributed by atoms with Crippen molar-refractivity contribution in [3.05, 3.63) is 59.1 Å². The van der Waals surface area contributed by atoms with Crippen LogP contribution in [0.4, 0.5) is 0 Å². The van der Waals surface area contributed by atoms with E-state index in [4.69, 9.17) is 27.5 Å². The first-order chi connectivity index (χ1) is 8.16. The number of hydrogen-bond acceptors (Lipinski definition) is 2. The Labute approximate surface area is 104 Å². The number of rotatable bonds is 3. The first kappa shape index (κ1) is 11.5. The number of amidine groups is 1. The highest BCUT2D eigenvalue weighted by atomic mass is 35.5. The van der Waals surface area contributed by atoms with Crippen molar-refractivity contribution in [2.45, 2.75) is 0 Å². The number of ether oxygens (including phenoxy) is 1. The Kier molecular flexibility index (Phi) is 3.30. The first-order valence-corrected chi connectivity index (χ1v) is 5.41. The van der Waals surface area contributed by atoms with Crippen molar-refractivity contribution in [3.63, 3.8) is 0 Å². The molecule has 2 rings (SSSR count). The quantitative estimate of drug-likeness (QED) is 0.644. The summed E-state index contributed by atoms with van der Waals surface area (Å²) in [5, 5.41) is 7.73. The van der Waals surface area contributed by atoms with Gasteiger partial charge in [0.2, 0.25) is 0 Å². The summed E-state index contributed by atoms with van der Waals surface area (Å²) in [4.78, 5) is 0. The van der Waals surface area contributed by atoms with Gasteiger partial charge in [0, 0.05) is 11.6 Å². The standard InChI is InChI=1S/C13H11ClN2O/c14-12-8-10(6-7-11(12)13(15)16)17-9-4-2-1-3-5-9/h1-8H,(H3,15,16). The average Bonchev–Trinajstić information content (AvgIpc) is 2.30. The second-order valence-corrected chi connectivity index (χ2v) is 3.88. The van der Waals surface area contributed by atoms with Gasteiger partial charge < -0.3 is 10.5 Å². The number of halogens is 1. The smallest absolute Gasteiger partial charge is 0.128 e. The van der Waals surface area contributed by atoms with E-state index in [1.54, 1.807) is 18.2 Å². The summed E-state index contributed by atoms with van der Waals surface area (Å²) < 4.78 is 5.60. The molecule has 0 heterocycles. The van der Waals surface area contributed by atoms with Gasteiger partial charge in [0.25, 0.3) is 0 Å². The summed E-state index contributed by atoms with van der Waals surface area (Å²) in [6.07, 6.45) is 0. The van der Waals surface area contributed by atoms with E-state index >= 15 is 0 Å². The maximum Gasteiger partial charge on any atom is 0.128 e. The molecule has 0 spiro atoms. The Morgan fingerprint density at radius 1 is 1.06 bits per heavy atom. The largest absolute Gasteiger partial charge is 0.457 e. The fourth-order valence-corrected chi connectivity index (χ4v) is 1.67. The van der Waals surface area contributed by atoms with Crippen LogP contribution in [0.1, 0.15) is 5.56 Å². The predicted octanol–water partition coefficient (Wildman–Crippen LogP) is 3.42. The third kappa shape index (κ3) is 2.77. The molecule has 3 nitrogen and oxygen atoms in total. The molecule has 86 valence electrons. The van der Waals surface area contributed by atoms with Crippen LogP contribution in [0.25, 0.3) is 0 Å². The number of nitrogens with one attached hydrogen (secondary N) is 1. The Bertz CT molecular complexity index is 540. The minimum atomic E-state index is -0.0544. The van der Waals surface area contributed by atoms with Gasteiger partial charge in [-0.2, -0.15) is 0 Å². The highest BCUT2D eigenvalue weighted by molar-refractivity contribution is 6.34. The fourth-order valence-electron chi connectivity index (χ4n) is 1.40. The zero-order valence-electron chi connectivity index (χ0n) is 8.98. The summed E-state index contributed by atoms with van der Waals surface area (Å²) in [5.41, 5.74) is 5.88. The molecule has 17 heavy (non-hydrogen) atoms. The van der Waals surface area contributed by atoms with Gasteiger partial charge in [0.05, 0.1) is 5.02 Å². The molecule has 0 saturated carbocycles. The van der Waals surface area contributed by atoms with Crippen LogP contribution in [0.3, 0.4) is 0 Å². The molecular formula is C13H11ClN2O. The highest BCUT2D eigenvalue weighted by Gasteiger charge is 2.05. The second kappa shape index (κ2) is 4.89. The van der Waals surface area contributed by atoms with Crippen molar-refractivity contribution in [3.8, 4) is 11.5 Å². The molecular weight excluding hydrogens is 236 g/mol. The van der Waals surface area contributed by atoms with Crippen molar-refractivity contribution in [1.29, 1.82) is 5.41 Å². The van der Waals surface area contributed by atoms with Crippen molar-refractivity contribution < 1.29 is 4.74 Å². The van der Waals surface area contributed by atoms with Crippen LogP contribution in [-0.4, -0.2) is 5.84 Å². The van der Waals surface area contributed by atoms with Crippen LogP contribution in [0, 0.1) is 5.41 Å². The Morgan fingerprint density at radius 2 is 1.76 bits per heavy atom. The monoisotopic (exact) mass is 246 g/mol. The molecule has 0 unspecified atom stereocenters. The van der Waals surface area contributed by atoms with E-state index in [1.807, 2.05) is 30.3 Å². The molecule has 0 aliphatic rings. The van der Waals surface area contributed by atoms with Crippen molar-refractivity contribution in [2.24, 2.45) is 5.73 Å². The van der Waals surface area contributed by atoms with Crippen LogP contribution in [0.15, 0.2) is 48.5 Å². The van der Waals surface area contributed by atoms with Crippen LogP contribution in [-0.2, 0) is 0 Å². The zero-order valence-corrected chi connectivity index (χ0v) is 9.74. The minimum absolute atomic E-state index is 0.0544. The van der Waals surface area contributed by atoms with Crippen LogP contribution in [0.5, 0.6) is 11.5 Å². The molecule has 0 aliphatic carbocycles. The zero-order chi connectivity index (χ0) is 12.3. The van der Waals surface area contributed by atoms with E-state index in [0.29, 0.717) is 16.3 Å². The van der Waals surface area contributed by atoms with E-state index in [0.717, 1.165) is 5.75 Å². The lowest BCUT2D eigenvalue weighted by Crippen LogP contribution is -2.11. The van der Waals surface area contributed by atoms with E-state index in [2.05, 4.69) is 0 Å². The van der Waals surface area contributed by atoms with Gasteiger partial charge in [-0.15, -0.1) is 0 Å². The topological polar surface area (TPSA) is 59.1 Å². The molecule has 0 radical (unpaired) electrons. The molecule has 2 aromatic rings. The maximum absolute atomic E-state index is 7.32. The number of benzene rings is 2. The van der Waals surface area contributed by atoms with E-state index in [1.165, 1.54) is 0 Å². The summed E-state index contributed by atoms with van der Waals surface area (Å²) in [6.45, 7) is 0. The molecule has 0 bridgehead atoms. The van der Waals surface area contributed by atoms with Gasteiger partial charge >= 0.3 is 0 Å². The second-order valence-electron chi connectivity index (χ2n) is 3.47. The van der Waals surface area contributed by atoms with Gasteiger partial charge in [-0.1, -0.05) is 29.8 Å². The van der Waals surface area contributed by atoms with Crippen LogP contribution < -0.4 is 10.5 Å².